The average molecular weight is 421 g/mol. The molecule has 0 aliphatic carbocycles. The van der Waals surface area contributed by atoms with E-state index in [4.69, 9.17) is 14.2 Å². The van der Waals surface area contributed by atoms with Gasteiger partial charge in [-0.25, -0.2) is 0 Å². The summed E-state index contributed by atoms with van der Waals surface area (Å²) in [6, 6.07) is 0. The van der Waals surface area contributed by atoms with Crippen LogP contribution in [-0.2, 0) is 23.8 Å². The fourth-order valence-corrected chi connectivity index (χ4v) is 2.64. The molecular formula is C20H40N2O5S. The van der Waals surface area contributed by atoms with Crippen molar-refractivity contribution in [2.24, 2.45) is 0 Å². The second-order valence-electron chi connectivity index (χ2n) is 7.68. The van der Waals surface area contributed by atoms with Crippen molar-refractivity contribution in [3.8, 4) is 0 Å². The number of amides is 1. The largest absolute Gasteiger partial charge is 0.466 e. The van der Waals surface area contributed by atoms with E-state index in [0.29, 0.717) is 39.2 Å². The van der Waals surface area contributed by atoms with Crippen LogP contribution >= 0.6 is 12.8 Å². The summed E-state index contributed by atoms with van der Waals surface area (Å²) in [6.45, 7) is 12.7. The monoisotopic (exact) mass is 420 g/mol. The van der Waals surface area contributed by atoms with Crippen LogP contribution in [0.1, 0.15) is 73.1 Å². The maximum atomic E-state index is 11.8. The minimum absolute atomic E-state index is 0.0750. The Labute approximate surface area is 176 Å². The van der Waals surface area contributed by atoms with Gasteiger partial charge in [0.05, 0.1) is 31.0 Å². The van der Waals surface area contributed by atoms with E-state index in [9.17, 15) is 9.59 Å². The lowest BCUT2D eigenvalue weighted by molar-refractivity contribution is -0.143. The third-order valence-corrected chi connectivity index (χ3v) is 4.90. The maximum absolute atomic E-state index is 11.8. The van der Waals surface area contributed by atoms with Crippen LogP contribution in [-0.4, -0.2) is 56.0 Å². The van der Waals surface area contributed by atoms with Gasteiger partial charge in [0.15, 0.2) is 0 Å². The fraction of sp³-hybridized carbons (Fsp3) is 0.900. The number of carbonyl (C=O) groups excluding carboxylic acids is 2. The first kappa shape index (κ1) is 27.2. The van der Waals surface area contributed by atoms with Crippen molar-refractivity contribution in [2.45, 2.75) is 84.3 Å². The van der Waals surface area contributed by atoms with Crippen molar-refractivity contribution in [2.75, 3.05) is 32.9 Å². The summed E-state index contributed by atoms with van der Waals surface area (Å²) >= 11 is 4.01. The molecule has 0 aliphatic rings. The summed E-state index contributed by atoms with van der Waals surface area (Å²) in [5.41, 5.74) is -0.492. The quantitative estimate of drug-likeness (QED) is 0.191. The Morgan fingerprint density at radius 3 is 2.29 bits per heavy atom. The molecule has 28 heavy (non-hydrogen) atoms. The van der Waals surface area contributed by atoms with E-state index in [2.05, 4.69) is 50.5 Å². The first-order valence-corrected chi connectivity index (χ1v) is 10.7. The highest BCUT2D eigenvalue weighted by atomic mass is 32.1. The molecule has 0 rings (SSSR count). The molecule has 8 heteroatoms. The zero-order chi connectivity index (χ0) is 21.5. The molecule has 0 aromatic carbocycles. The van der Waals surface area contributed by atoms with Crippen molar-refractivity contribution in [1.82, 2.24) is 10.0 Å². The van der Waals surface area contributed by atoms with E-state index in [1.54, 1.807) is 6.92 Å². The van der Waals surface area contributed by atoms with Crippen LogP contribution in [0, 0.1) is 0 Å². The first-order valence-electron chi connectivity index (χ1n) is 10.2. The molecule has 2 N–H and O–H groups in total. The number of hydrogen-bond donors (Lipinski definition) is 3. The molecule has 0 aliphatic heterocycles. The minimum atomic E-state index is -0.285. The van der Waals surface area contributed by atoms with Gasteiger partial charge in [0.25, 0.3) is 0 Å². The molecule has 1 atom stereocenters. The van der Waals surface area contributed by atoms with Crippen molar-refractivity contribution in [1.29, 1.82) is 0 Å². The van der Waals surface area contributed by atoms with Crippen LogP contribution in [0.25, 0.3) is 0 Å². The van der Waals surface area contributed by atoms with Gasteiger partial charge in [0, 0.05) is 25.9 Å². The van der Waals surface area contributed by atoms with Crippen molar-refractivity contribution in [3.05, 3.63) is 0 Å². The number of nitrogens with one attached hydrogen (secondary N) is 2. The highest BCUT2D eigenvalue weighted by molar-refractivity contribution is 7.78. The van der Waals surface area contributed by atoms with Crippen molar-refractivity contribution < 1.29 is 23.8 Å². The Kier molecular flexibility index (Phi) is 14.6. The third-order valence-electron chi connectivity index (χ3n) is 4.68. The molecule has 0 bridgehead atoms. The zero-order valence-corrected chi connectivity index (χ0v) is 19.2. The number of esters is 1. The number of ether oxygens (including phenoxy) is 3. The van der Waals surface area contributed by atoms with Gasteiger partial charge in [0.1, 0.15) is 0 Å². The lowest BCUT2D eigenvalue weighted by Crippen LogP contribution is -2.36. The van der Waals surface area contributed by atoms with Crippen LogP contribution < -0.4 is 10.0 Å². The molecule has 1 unspecified atom stereocenters. The average Bonchev–Trinajstić information content (AvgIpc) is 2.64. The predicted octanol–water partition coefficient (Wildman–Crippen LogP) is 3.03. The number of carbonyl (C=O) groups is 2. The predicted molar refractivity (Wildman–Crippen MR) is 114 cm³/mol. The molecule has 0 radical (unpaired) electrons. The molecule has 0 saturated heterocycles. The summed E-state index contributed by atoms with van der Waals surface area (Å²) in [6.07, 6.45) is 3.60. The molecular weight excluding hydrogens is 380 g/mol. The fourth-order valence-electron chi connectivity index (χ4n) is 2.53. The highest BCUT2D eigenvalue weighted by Gasteiger charge is 2.25. The van der Waals surface area contributed by atoms with Gasteiger partial charge in [-0.3, -0.25) is 14.3 Å². The van der Waals surface area contributed by atoms with Gasteiger partial charge in [-0.1, -0.05) is 19.7 Å². The number of rotatable bonds is 17. The van der Waals surface area contributed by atoms with E-state index in [1.165, 1.54) is 0 Å². The Morgan fingerprint density at radius 1 is 0.964 bits per heavy atom. The van der Waals surface area contributed by atoms with Gasteiger partial charge in [-0.2, -0.15) is 0 Å². The summed E-state index contributed by atoms with van der Waals surface area (Å²) < 4.78 is 19.7. The maximum Gasteiger partial charge on any atom is 0.305 e. The van der Waals surface area contributed by atoms with Crippen molar-refractivity contribution >= 4 is 24.7 Å². The molecule has 1 amide bonds. The molecule has 0 aromatic rings. The smallest absolute Gasteiger partial charge is 0.305 e. The molecule has 0 saturated carbocycles. The molecule has 0 fully saturated rings. The summed E-state index contributed by atoms with van der Waals surface area (Å²) in [4.78, 5) is 23.0. The van der Waals surface area contributed by atoms with E-state index in [1.807, 2.05) is 0 Å². The summed E-state index contributed by atoms with van der Waals surface area (Å²) in [5, 5.41) is 2.83. The van der Waals surface area contributed by atoms with Crippen molar-refractivity contribution in [3.63, 3.8) is 0 Å². The van der Waals surface area contributed by atoms with Crippen LogP contribution in [0.4, 0.5) is 0 Å². The lowest BCUT2D eigenvalue weighted by atomic mass is 9.99. The van der Waals surface area contributed by atoms with Gasteiger partial charge < -0.3 is 19.5 Å². The topological polar surface area (TPSA) is 85.9 Å². The standard InChI is InChI=1S/C20H40N2O5S/c1-6-20(5,12-15-26-19(3,4)11-13-22-28)27-16-14-21-17(23)9-8-10-18(24)25-7-2/h22,28H,6-16H2,1-5H3,(H,21,23). The second kappa shape index (κ2) is 15.1. The second-order valence-corrected chi connectivity index (χ2v) is 7.99. The van der Waals surface area contributed by atoms with Gasteiger partial charge in [-0.05, 0) is 53.4 Å². The number of hydrogen-bond acceptors (Lipinski definition) is 7. The van der Waals surface area contributed by atoms with Crippen LogP contribution in [0.5, 0.6) is 0 Å². The summed E-state index contributed by atoms with van der Waals surface area (Å²) in [7, 11) is 0. The lowest BCUT2D eigenvalue weighted by Gasteiger charge is -2.31. The Morgan fingerprint density at radius 2 is 1.68 bits per heavy atom. The molecule has 0 heterocycles. The van der Waals surface area contributed by atoms with E-state index in [0.717, 1.165) is 25.8 Å². The van der Waals surface area contributed by atoms with E-state index < -0.39 is 0 Å². The van der Waals surface area contributed by atoms with Crippen LogP contribution in [0.2, 0.25) is 0 Å². The van der Waals surface area contributed by atoms with Gasteiger partial charge >= 0.3 is 5.97 Å². The normalized spacial score (nSPS) is 13.8. The Balaban J connectivity index is 3.99. The molecule has 7 nitrogen and oxygen atoms in total. The SMILES string of the molecule is CCOC(=O)CCCC(=O)NCCOC(C)(CC)CCOC(C)(C)CCNS. The zero-order valence-electron chi connectivity index (χ0n) is 18.3. The molecule has 0 aromatic heterocycles. The van der Waals surface area contributed by atoms with Crippen LogP contribution in [0.15, 0.2) is 0 Å². The minimum Gasteiger partial charge on any atom is -0.466 e. The number of thiol groups is 1. The van der Waals surface area contributed by atoms with E-state index in [-0.39, 0.29) is 29.5 Å². The van der Waals surface area contributed by atoms with Crippen LogP contribution in [0.3, 0.4) is 0 Å². The third kappa shape index (κ3) is 14.2. The Hall–Kier alpha value is -0.830. The highest BCUT2D eigenvalue weighted by Crippen LogP contribution is 2.22. The summed E-state index contributed by atoms with van der Waals surface area (Å²) in [5.74, 6) is -0.335. The van der Waals surface area contributed by atoms with E-state index >= 15 is 0 Å². The molecule has 0 spiro atoms. The van der Waals surface area contributed by atoms with Gasteiger partial charge in [-0.15, -0.1) is 0 Å². The first-order chi connectivity index (χ1) is 13.2. The molecule has 166 valence electrons. The van der Waals surface area contributed by atoms with Gasteiger partial charge in [0.2, 0.25) is 5.91 Å². The Bertz CT molecular complexity index is 448.